The summed E-state index contributed by atoms with van der Waals surface area (Å²) in [5.41, 5.74) is 0.183. The van der Waals surface area contributed by atoms with E-state index in [9.17, 15) is 22.0 Å². The zero-order chi connectivity index (χ0) is 20.6. The molecule has 158 valence electrons. The van der Waals surface area contributed by atoms with Crippen molar-refractivity contribution in [2.75, 3.05) is 5.32 Å². The molecule has 0 radical (unpaired) electrons. The molecule has 4 rings (SSSR count). The third-order valence-corrected chi connectivity index (χ3v) is 5.09. The number of alkyl halides is 5. The molecule has 2 aliphatic carbocycles. The standard InChI is InChI=1S/C18H20F5N5O/c19-10-12-3-6-28(27-12)16-25-14(24-11-1-4-17(20,21)5-2-11)7-15(26-16)29-13-8-18(22,23)9-13/h3,6-7,11,13H,1-2,4-5,8-10H2,(H,24,25,26). The van der Waals surface area contributed by atoms with Gasteiger partial charge in [0.05, 0.1) is 5.69 Å². The van der Waals surface area contributed by atoms with Crippen molar-refractivity contribution in [3.8, 4) is 11.8 Å². The Morgan fingerprint density at radius 3 is 2.45 bits per heavy atom. The lowest BCUT2D eigenvalue weighted by Gasteiger charge is -2.34. The summed E-state index contributed by atoms with van der Waals surface area (Å²) in [5, 5.41) is 7.09. The maximum absolute atomic E-state index is 13.4. The number of rotatable bonds is 6. The molecule has 0 aliphatic heterocycles. The molecule has 6 nitrogen and oxygen atoms in total. The van der Waals surface area contributed by atoms with Gasteiger partial charge in [-0.05, 0) is 18.9 Å². The van der Waals surface area contributed by atoms with E-state index in [-0.39, 0.29) is 49.2 Å². The SMILES string of the molecule is FCc1ccn(-c2nc(NC3CCC(F)(F)CC3)cc(OC3CC(F)(F)C3)n2)n1. The maximum Gasteiger partial charge on any atom is 0.255 e. The van der Waals surface area contributed by atoms with E-state index in [0.29, 0.717) is 5.82 Å². The molecule has 0 unspecified atom stereocenters. The van der Waals surface area contributed by atoms with Crippen molar-refractivity contribution in [1.29, 1.82) is 0 Å². The molecular weight excluding hydrogens is 397 g/mol. The Labute approximate surface area is 163 Å². The lowest BCUT2D eigenvalue weighted by atomic mass is 9.91. The zero-order valence-electron chi connectivity index (χ0n) is 15.4. The minimum absolute atomic E-state index is 0.0661. The first-order valence-corrected chi connectivity index (χ1v) is 9.40. The Morgan fingerprint density at radius 2 is 1.83 bits per heavy atom. The Balaban J connectivity index is 1.54. The molecule has 2 aliphatic rings. The fraction of sp³-hybridized carbons (Fsp3) is 0.611. The van der Waals surface area contributed by atoms with Crippen LogP contribution in [0, 0.1) is 0 Å². The van der Waals surface area contributed by atoms with Crippen LogP contribution < -0.4 is 10.1 Å². The predicted octanol–water partition coefficient (Wildman–Crippen LogP) is 4.30. The largest absolute Gasteiger partial charge is 0.474 e. The Kier molecular flexibility index (Phi) is 5.07. The van der Waals surface area contributed by atoms with Crippen LogP contribution >= 0.6 is 0 Å². The van der Waals surface area contributed by atoms with Gasteiger partial charge in [0.25, 0.3) is 11.9 Å². The number of aromatic nitrogens is 4. The van der Waals surface area contributed by atoms with Gasteiger partial charge in [-0.2, -0.15) is 15.1 Å². The number of anilines is 1. The van der Waals surface area contributed by atoms with Gasteiger partial charge in [-0.15, -0.1) is 0 Å². The van der Waals surface area contributed by atoms with Crippen molar-refractivity contribution in [3.05, 3.63) is 24.0 Å². The van der Waals surface area contributed by atoms with Gasteiger partial charge in [0, 0.05) is 44.0 Å². The molecule has 11 heteroatoms. The highest BCUT2D eigenvalue weighted by Crippen LogP contribution is 2.40. The van der Waals surface area contributed by atoms with Crippen LogP contribution in [0.5, 0.6) is 5.88 Å². The van der Waals surface area contributed by atoms with E-state index in [1.807, 2.05) is 0 Å². The molecule has 0 amide bonds. The smallest absolute Gasteiger partial charge is 0.255 e. The van der Waals surface area contributed by atoms with Gasteiger partial charge >= 0.3 is 0 Å². The van der Waals surface area contributed by atoms with Crippen molar-refractivity contribution < 1.29 is 26.7 Å². The topological polar surface area (TPSA) is 64.9 Å². The van der Waals surface area contributed by atoms with E-state index < -0.39 is 37.5 Å². The first-order chi connectivity index (χ1) is 13.7. The number of nitrogens with zero attached hydrogens (tertiary/aromatic N) is 4. The normalized spacial score (nSPS) is 21.6. The average Bonchev–Trinajstić information content (AvgIpc) is 3.11. The summed E-state index contributed by atoms with van der Waals surface area (Å²) in [4.78, 5) is 8.48. The van der Waals surface area contributed by atoms with E-state index in [1.165, 1.54) is 23.0 Å². The molecule has 0 atom stereocenters. The molecule has 0 aromatic carbocycles. The van der Waals surface area contributed by atoms with Gasteiger partial charge < -0.3 is 10.1 Å². The zero-order valence-corrected chi connectivity index (χ0v) is 15.4. The fourth-order valence-corrected chi connectivity index (χ4v) is 3.45. The highest BCUT2D eigenvalue weighted by molar-refractivity contribution is 5.42. The summed E-state index contributed by atoms with van der Waals surface area (Å²) >= 11 is 0. The summed E-state index contributed by atoms with van der Waals surface area (Å²) in [6, 6.07) is 2.70. The van der Waals surface area contributed by atoms with Crippen LogP contribution in [0.15, 0.2) is 18.3 Å². The Bertz CT molecular complexity index is 856. The van der Waals surface area contributed by atoms with Crippen LogP contribution in [0.2, 0.25) is 0 Å². The molecule has 2 saturated carbocycles. The third-order valence-electron chi connectivity index (χ3n) is 5.09. The van der Waals surface area contributed by atoms with E-state index in [1.54, 1.807) is 0 Å². The molecule has 0 spiro atoms. The van der Waals surface area contributed by atoms with Crippen molar-refractivity contribution in [1.82, 2.24) is 19.7 Å². The lowest BCUT2D eigenvalue weighted by molar-refractivity contribution is -0.135. The van der Waals surface area contributed by atoms with Crippen LogP contribution in [0.1, 0.15) is 44.2 Å². The predicted molar refractivity (Wildman–Crippen MR) is 93.4 cm³/mol. The van der Waals surface area contributed by atoms with Crippen LogP contribution in [-0.2, 0) is 6.67 Å². The molecular formula is C18H20F5N5O. The third kappa shape index (κ3) is 4.76. The van der Waals surface area contributed by atoms with Crippen molar-refractivity contribution in [3.63, 3.8) is 0 Å². The van der Waals surface area contributed by atoms with E-state index in [4.69, 9.17) is 4.74 Å². The maximum atomic E-state index is 13.4. The second-order valence-electron chi connectivity index (χ2n) is 7.56. The summed E-state index contributed by atoms with van der Waals surface area (Å²) < 4.78 is 72.5. The molecule has 2 aromatic rings. The van der Waals surface area contributed by atoms with Crippen LogP contribution in [0.4, 0.5) is 27.8 Å². The van der Waals surface area contributed by atoms with Crippen molar-refractivity contribution >= 4 is 5.82 Å². The van der Waals surface area contributed by atoms with E-state index in [2.05, 4.69) is 20.4 Å². The van der Waals surface area contributed by atoms with Gasteiger partial charge in [-0.1, -0.05) is 0 Å². The first kappa shape index (κ1) is 19.8. The van der Waals surface area contributed by atoms with Crippen molar-refractivity contribution in [2.45, 2.75) is 69.2 Å². The van der Waals surface area contributed by atoms with Gasteiger partial charge in [0.15, 0.2) is 0 Å². The fourth-order valence-electron chi connectivity index (χ4n) is 3.45. The second-order valence-corrected chi connectivity index (χ2v) is 7.56. The number of halogens is 5. The number of hydrogen-bond donors (Lipinski definition) is 1. The average molecular weight is 417 g/mol. The minimum Gasteiger partial charge on any atom is -0.474 e. The number of nitrogens with one attached hydrogen (secondary N) is 1. The van der Waals surface area contributed by atoms with Crippen LogP contribution in [-0.4, -0.2) is 43.7 Å². The lowest BCUT2D eigenvalue weighted by Crippen LogP contribution is -2.43. The summed E-state index contributed by atoms with van der Waals surface area (Å²) in [6.45, 7) is -0.762. The second kappa shape index (κ2) is 7.42. The van der Waals surface area contributed by atoms with Crippen molar-refractivity contribution in [2.24, 2.45) is 0 Å². The molecule has 1 N–H and O–H groups in total. The quantitative estimate of drug-likeness (QED) is 0.710. The number of hydrogen-bond acceptors (Lipinski definition) is 5. The summed E-state index contributed by atoms with van der Waals surface area (Å²) in [7, 11) is 0. The molecule has 2 heterocycles. The van der Waals surface area contributed by atoms with Gasteiger partial charge in [-0.25, -0.2) is 26.6 Å². The molecule has 2 aromatic heterocycles. The molecule has 0 saturated heterocycles. The minimum atomic E-state index is -2.74. The van der Waals surface area contributed by atoms with Gasteiger partial charge in [0.1, 0.15) is 18.6 Å². The summed E-state index contributed by atoms with van der Waals surface area (Å²) in [5.74, 6) is -4.96. The first-order valence-electron chi connectivity index (χ1n) is 9.40. The molecule has 2 fully saturated rings. The van der Waals surface area contributed by atoms with Crippen LogP contribution in [0.25, 0.3) is 5.95 Å². The Morgan fingerprint density at radius 1 is 1.10 bits per heavy atom. The highest BCUT2D eigenvalue weighted by atomic mass is 19.3. The van der Waals surface area contributed by atoms with Gasteiger partial charge in [0.2, 0.25) is 11.8 Å². The van der Waals surface area contributed by atoms with E-state index in [0.717, 1.165) is 0 Å². The number of ether oxygens (including phenoxy) is 1. The van der Waals surface area contributed by atoms with Crippen LogP contribution in [0.3, 0.4) is 0 Å². The Hall–Kier alpha value is -2.46. The summed E-state index contributed by atoms with van der Waals surface area (Å²) in [6.07, 6.45) is 0.0889. The molecule has 29 heavy (non-hydrogen) atoms. The van der Waals surface area contributed by atoms with E-state index >= 15 is 0 Å². The van der Waals surface area contributed by atoms with Gasteiger partial charge in [-0.3, -0.25) is 0 Å². The molecule has 0 bridgehead atoms. The monoisotopic (exact) mass is 417 g/mol. The highest BCUT2D eigenvalue weighted by Gasteiger charge is 2.47.